The molecule has 1 atom stereocenters. The van der Waals surface area contributed by atoms with Crippen molar-refractivity contribution in [2.45, 2.75) is 45.1 Å². The highest BCUT2D eigenvalue weighted by atomic mass is 19.4. The number of carboxylic acids is 2. The lowest BCUT2D eigenvalue weighted by Crippen LogP contribution is -2.30. The Hall–Kier alpha value is -4.66. The van der Waals surface area contributed by atoms with Crippen molar-refractivity contribution in [3.8, 4) is 0 Å². The summed E-state index contributed by atoms with van der Waals surface area (Å²) in [4.78, 5) is 30.6. The van der Waals surface area contributed by atoms with Crippen LogP contribution in [0.4, 0.5) is 32.0 Å². The lowest BCUT2D eigenvalue weighted by Gasteiger charge is -2.28. The number of amidine groups is 1. The van der Waals surface area contributed by atoms with Gasteiger partial charge in [-0.05, 0) is 77.5 Å². The minimum absolute atomic E-state index is 0.0389. The van der Waals surface area contributed by atoms with E-state index in [0.29, 0.717) is 23.1 Å². The van der Waals surface area contributed by atoms with Crippen LogP contribution in [0.5, 0.6) is 0 Å². The van der Waals surface area contributed by atoms with E-state index in [1.54, 1.807) is 6.07 Å². The highest BCUT2D eigenvalue weighted by molar-refractivity contribution is 6.07. The molecule has 0 bridgehead atoms. The molecule has 3 aromatic carbocycles. The molecule has 0 saturated carbocycles. The van der Waals surface area contributed by atoms with Crippen LogP contribution in [-0.4, -0.2) is 52.8 Å². The Morgan fingerprint density at radius 3 is 1.89 bits per heavy atom. The fourth-order valence-corrected chi connectivity index (χ4v) is 4.17. The molecule has 1 aliphatic rings. The van der Waals surface area contributed by atoms with Gasteiger partial charge in [-0.2, -0.15) is 26.3 Å². The molecule has 1 unspecified atom stereocenters. The van der Waals surface area contributed by atoms with Gasteiger partial charge in [0.1, 0.15) is 5.84 Å². The smallest absolute Gasteiger partial charge is 0.475 e. The number of fused-ring (bicyclic) bond motifs is 2. The fourth-order valence-electron chi connectivity index (χ4n) is 4.17. The number of nitrogens with one attached hydrogen (secondary N) is 3. The zero-order valence-corrected chi connectivity index (χ0v) is 23.4. The molecule has 44 heavy (non-hydrogen) atoms. The number of hydrogen-bond acceptors (Lipinski definition) is 5. The summed E-state index contributed by atoms with van der Waals surface area (Å²) in [6.45, 7) is 5.46. The number of nitrogen functional groups attached to an aromatic ring is 1. The Kier molecular flexibility index (Phi) is 11.9. The molecule has 15 heteroatoms. The first kappa shape index (κ1) is 35.5. The third-order valence-corrected chi connectivity index (χ3v) is 6.17. The van der Waals surface area contributed by atoms with Gasteiger partial charge in [0, 0.05) is 22.9 Å². The minimum Gasteiger partial charge on any atom is -0.475 e. The second-order valence-corrected chi connectivity index (χ2v) is 10.1. The van der Waals surface area contributed by atoms with E-state index in [0.717, 1.165) is 35.8 Å². The molecule has 7 N–H and O–H groups in total. The van der Waals surface area contributed by atoms with Crippen LogP contribution in [0.1, 0.15) is 53.4 Å². The summed E-state index contributed by atoms with van der Waals surface area (Å²) >= 11 is 0. The second kappa shape index (κ2) is 14.7. The number of rotatable bonds is 5. The van der Waals surface area contributed by atoms with Gasteiger partial charge in [0.2, 0.25) is 0 Å². The summed E-state index contributed by atoms with van der Waals surface area (Å²) in [5.41, 5.74) is 10.3. The molecule has 0 aromatic heterocycles. The van der Waals surface area contributed by atoms with Crippen molar-refractivity contribution in [3.63, 3.8) is 0 Å². The molecule has 0 radical (unpaired) electrons. The van der Waals surface area contributed by atoms with Crippen molar-refractivity contribution in [3.05, 3.63) is 76.9 Å². The Morgan fingerprint density at radius 1 is 0.909 bits per heavy atom. The van der Waals surface area contributed by atoms with Gasteiger partial charge >= 0.3 is 24.3 Å². The highest BCUT2D eigenvalue weighted by Crippen LogP contribution is 2.30. The second-order valence-electron chi connectivity index (χ2n) is 10.1. The molecule has 1 amide bonds. The maximum atomic E-state index is 12.8. The zero-order chi connectivity index (χ0) is 33.4. The molecule has 0 saturated heterocycles. The first-order valence-corrected chi connectivity index (χ1v) is 13.0. The largest absolute Gasteiger partial charge is 0.490 e. The standard InChI is InChI=1S/C25H28N4O.2C2HF3O2/c1-15(2)11-23-22-8-7-21(14-18(22)9-10-28-23)29-25(30)20-6-4-16-12-19(24(26)27)5-3-17(16)13-20;2*3-2(4,5)1(6)7/h3-8,12-15,23,28H,9-11H2,1-2H3,(H3,26,27)(H,29,30);2*(H,6,7). The molecule has 0 spiro atoms. The number of benzene rings is 3. The van der Waals surface area contributed by atoms with Crippen LogP contribution in [0.3, 0.4) is 0 Å². The number of carboxylic acid groups (broad SMARTS) is 2. The molecular weight excluding hydrogens is 598 g/mol. The fraction of sp³-hybridized carbons (Fsp3) is 0.310. The van der Waals surface area contributed by atoms with Crippen molar-refractivity contribution in [2.24, 2.45) is 11.7 Å². The summed E-state index contributed by atoms with van der Waals surface area (Å²) in [5, 5.41) is 30.4. The van der Waals surface area contributed by atoms with Crippen LogP contribution in [0.25, 0.3) is 10.8 Å². The van der Waals surface area contributed by atoms with Crippen LogP contribution in [0, 0.1) is 11.3 Å². The molecular formula is C29H30F6N4O5. The van der Waals surface area contributed by atoms with Crippen LogP contribution in [0.15, 0.2) is 54.6 Å². The number of amides is 1. The highest BCUT2D eigenvalue weighted by Gasteiger charge is 2.38. The lowest BCUT2D eigenvalue weighted by atomic mass is 9.89. The Labute approximate surface area is 247 Å². The van der Waals surface area contributed by atoms with E-state index in [1.165, 1.54) is 11.1 Å². The maximum Gasteiger partial charge on any atom is 0.490 e. The van der Waals surface area contributed by atoms with Crippen molar-refractivity contribution in [2.75, 3.05) is 11.9 Å². The monoisotopic (exact) mass is 628 g/mol. The molecule has 238 valence electrons. The number of carbonyl (C=O) groups is 3. The molecule has 1 heterocycles. The van der Waals surface area contributed by atoms with E-state index in [1.807, 2.05) is 36.4 Å². The normalized spacial score (nSPS) is 14.3. The number of hydrogen-bond donors (Lipinski definition) is 6. The van der Waals surface area contributed by atoms with Gasteiger partial charge in [0.05, 0.1) is 0 Å². The van der Waals surface area contributed by atoms with E-state index in [9.17, 15) is 31.1 Å². The first-order valence-electron chi connectivity index (χ1n) is 13.0. The first-order chi connectivity index (χ1) is 20.3. The van der Waals surface area contributed by atoms with Gasteiger partial charge in [0.15, 0.2) is 0 Å². The average Bonchev–Trinajstić information content (AvgIpc) is 2.91. The zero-order valence-electron chi connectivity index (χ0n) is 23.4. The van der Waals surface area contributed by atoms with Gasteiger partial charge in [0.25, 0.3) is 5.91 Å². The van der Waals surface area contributed by atoms with Gasteiger partial charge in [-0.25, -0.2) is 9.59 Å². The molecule has 3 aromatic rings. The van der Waals surface area contributed by atoms with Gasteiger partial charge in [-0.15, -0.1) is 0 Å². The number of aliphatic carboxylic acids is 2. The average molecular weight is 629 g/mol. The number of carbonyl (C=O) groups excluding carboxylic acids is 1. The van der Waals surface area contributed by atoms with E-state index in [4.69, 9.17) is 30.9 Å². The van der Waals surface area contributed by atoms with E-state index < -0.39 is 24.3 Å². The third-order valence-electron chi connectivity index (χ3n) is 6.17. The van der Waals surface area contributed by atoms with Gasteiger partial charge in [-0.3, -0.25) is 10.2 Å². The van der Waals surface area contributed by atoms with Crippen molar-refractivity contribution in [1.29, 1.82) is 5.41 Å². The van der Waals surface area contributed by atoms with Gasteiger partial charge < -0.3 is 26.6 Å². The molecule has 0 fully saturated rings. The van der Waals surface area contributed by atoms with E-state index in [2.05, 4.69) is 36.6 Å². The molecule has 1 aliphatic heterocycles. The third kappa shape index (κ3) is 10.6. The topological polar surface area (TPSA) is 166 Å². The van der Waals surface area contributed by atoms with Crippen LogP contribution < -0.4 is 16.4 Å². The SMILES string of the molecule is CC(C)CC1NCCc2cc(NC(=O)c3ccc4cc(C(=N)N)ccc4c3)ccc21.O=C(O)C(F)(F)F.O=C(O)C(F)(F)F. The molecule has 4 rings (SSSR count). The maximum absolute atomic E-state index is 12.8. The minimum atomic E-state index is -5.08. The van der Waals surface area contributed by atoms with Gasteiger partial charge in [-0.1, -0.05) is 38.1 Å². The van der Waals surface area contributed by atoms with Crippen LogP contribution in [-0.2, 0) is 16.0 Å². The van der Waals surface area contributed by atoms with Crippen molar-refractivity contribution in [1.82, 2.24) is 5.32 Å². The quantitative estimate of drug-likeness (QED) is 0.117. The number of halogens is 6. The summed E-state index contributed by atoms with van der Waals surface area (Å²) in [7, 11) is 0. The van der Waals surface area contributed by atoms with Crippen molar-refractivity contribution >= 4 is 40.1 Å². The molecule has 0 aliphatic carbocycles. The predicted molar refractivity (Wildman–Crippen MR) is 151 cm³/mol. The molecule has 9 nitrogen and oxygen atoms in total. The van der Waals surface area contributed by atoms with Crippen LogP contribution in [0.2, 0.25) is 0 Å². The van der Waals surface area contributed by atoms with E-state index >= 15 is 0 Å². The number of alkyl halides is 6. The number of nitrogens with two attached hydrogens (primary N) is 1. The lowest BCUT2D eigenvalue weighted by molar-refractivity contribution is -0.193. The summed E-state index contributed by atoms with van der Waals surface area (Å²) < 4.78 is 63.5. The Balaban J connectivity index is 0.000000402. The van der Waals surface area contributed by atoms with Crippen LogP contribution >= 0.6 is 0 Å². The summed E-state index contributed by atoms with van der Waals surface area (Å²) in [5.74, 6) is -4.97. The van der Waals surface area contributed by atoms with Crippen molar-refractivity contribution < 1.29 is 50.9 Å². The summed E-state index contributed by atoms with van der Waals surface area (Å²) in [6.07, 6.45) is -8.08. The number of anilines is 1. The predicted octanol–water partition coefficient (Wildman–Crippen LogP) is 5.88. The Bertz CT molecular complexity index is 1500. The Morgan fingerprint density at radius 2 is 1.41 bits per heavy atom. The van der Waals surface area contributed by atoms with E-state index in [-0.39, 0.29) is 11.7 Å². The summed E-state index contributed by atoms with van der Waals surface area (Å²) in [6, 6.07) is 17.8.